The number of rotatable bonds is 6. The maximum Gasteiger partial charge on any atom is 0.0721 e. The lowest BCUT2D eigenvalue weighted by Gasteiger charge is -2.13. The Labute approximate surface area is 187 Å². The number of nitrogens with zero attached hydrogens (tertiary/aromatic N) is 2. The summed E-state index contributed by atoms with van der Waals surface area (Å²) in [6, 6.07) is 37.1. The van der Waals surface area contributed by atoms with E-state index in [1.807, 2.05) is 53.4 Å². The molecular formula is C28H24N4. The van der Waals surface area contributed by atoms with Crippen LogP contribution in [0.5, 0.6) is 0 Å². The van der Waals surface area contributed by atoms with Gasteiger partial charge in [0.25, 0.3) is 0 Å². The van der Waals surface area contributed by atoms with Crippen molar-refractivity contribution in [3.8, 4) is 0 Å². The van der Waals surface area contributed by atoms with Crippen molar-refractivity contribution in [1.29, 1.82) is 0 Å². The summed E-state index contributed by atoms with van der Waals surface area (Å²) in [5.41, 5.74) is 7.27. The average Bonchev–Trinajstić information content (AvgIpc) is 3.15. The molecule has 0 aliphatic heterocycles. The molecule has 0 spiro atoms. The minimum atomic E-state index is 0.981. The molecule has 0 aliphatic carbocycles. The zero-order valence-corrected chi connectivity index (χ0v) is 17.9. The van der Waals surface area contributed by atoms with Gasteiger partial charge < -0.3 is 10.6 Å². The summed E-state index contributed by atoms with van der Waals surface area (Å²) in [5, 5.41) is 13.0. The molecule has 1 heterocycles. The third-order valence-corrected chi connectivity index (χ3v) is 5.34. The molecular weight excluding hydrogens is 392 g/mol. The van der Waals surface area contributed by atoms with E-state index in [0.29, 0.717) is 0 Å². The van der Waals surface area contributed by atoms with Gasteiger partial charge in [0.05, 0.1) is 11.7 Å². The smallest absolute Gasteiger partial charge is 0.0721 e. The van der Waals surface area contributed by atoms with Crippen molar-refractivity contribution in [1.82, 2.24) is 4.68 Å². The molecule has 4 heteroatoms. The Morgan fingerprint density at radius 3 is 2.06 bits per heavy atom. The van der Waals surface area contributed by atoms with Crippen LogP contribution in [0.4, 0.5) is 22.7 Å². The van der Waals surface area contributed by atoms with Gasteiger partial charge in [0.2, 0.25) is 0 Å². The van der Waals surface area contributed by atoms with E-state index >= 15 is 0 Å². The third kappa shape index (κ3) is 4.25. The monoisotopic (exact) mass is 416 g/mol. The first-order valence-corrected chi connectivity index (χ1v) is 10.7. The first kappa shape index (κ1) is 19.6. The molecule has 0 fully saturated rings. The third-order valence-electron chi connectivity index (χ3n) is 5.34. The number of hydrogen-bond donors (Lipinski definition) is 2. The number of aromatic nitrogens is 1. The molecule has 1 aromatic heterocycles. The van der Waals surface area contributed by atoms with E-state index in [1.165, 1.54) is 5.39 Å². The Morgan fingerprint density at radius 1 is 0.656 bits per heavy atom. The summed E-state index contributed by atoms with van der Waals surface area (Å²) >= 11 is 0. The van der Waals surface area contributed by atoms with Crippen LogP contribution in [-0.4, -0.2) is 10.9 Å². The summed E-state index contributed by atoms with van der Waals surface area (Å²) in [4.78, 5) is 0. The molecule has 0 amide bonds. The molecule has 0 atom stereocenters. The highest BCUT2D eigenvalue weighted by molar-refractivity contribution is 5.91. The fraction of sp³-hybridized carbons (Fsp3) is 0.0357. The van der Waals surface area contributed by atoms with Crippen LogP contribution in [-0.2, 0) is 0 Å². The lowest BCUT2D eigenvalue weighted by molar-refractivity contribution is 0.888. The van der Waals surface area contributed by atoms with Crippen LogP contribution in [0, 0.1) is 6.92 Å². The van der Waals surface area contributed by atoms with E-state index in [2.05, 4.69) is 84.3 Å². The van der Waals surface area contributed by atoms with Crippen molar-refractivity contribution in [3.05, 3.63) is 120 Å². The van der Waals surface area contributed by atoms with Crippen LogP contribution in [0.1, 0.15) is 11.3 Å². The SMILES string of the molecule is Cc1cc2ccccc2n1/N=C/c1ccc(Nc2ccccc2)cc1Nc1ccccc1. The molecule has 0 aliphatic rings. The second-order valence-corrected chi connectivity index (χ2v) is 7.68. The van der Waals surface area contributed by atoms with E-state index in [0.717, 1.165) is 39.5 Å². The molecule has 32 heavy (non-hydrogen) atoms. The predicted octanol–water partition coefficient (Wildman–Crippen LogP) is 7.32. The summed E-state index contributed by atoms with van der Waals surface area (Å²) in [5.74, 6) is 0. The summed E-state index contributed by atoms with van der Waals surface area (Å²) in [6.07, 6.45) is 1.91. The van der Waals surface area contributed by atoms with Gasteiger partial charge in [-0.2, -0.15) is 5.10 Å². The molecule has 4 nitrogen and oxygen atoms in total. The number of anilines is 4. The number of nitrogens with one attached hydrogen (secondary N) is 2. The topological polar surface area (TPSA) is 41.4 Å². The van der Waals surface area contributed by atoms with Crippen molar-refractivity contribution in [3.63, 3.8) is 0 Å². The fourth-order valence-corrected chi connectivity index (χ4v) is 3.77. The largest absolute Gasteiger partial charge is 0.355 e. The van der Waals surface area contributed by atoms with Crippen LogP contribution in [0.2, 0.25) is 0 Å². The first-order chi connectivity index (χ1) is 15.8. The lowest BCUT2D eigenvalue weighted by atomic mass is 10.1. The minimum absolute atomic E-state index is 0.981. The Morgan fingerprint density at radius 2 is 1.31 bits per heavy atom. The summed E-state index contributed by atoms with van der Waals surface area (Å²) in [7, 11) is 0. The number of benzene rings is 4. The highest BCUT2D eigenvalue weighted by Gasteiger charge is 2.06. The number of fused-ring (bicyclic) bond motifs is 1. The van der Waals surface area contributed by atoms with E-state index < -0.39 is 0 Å². The number of para-hydroxylation sites is 3. The quantitative estimate of drug-likeness (QED) is 0.285. The van der Waals surface area contributed by atoms with Gasteiger partial charge in [-0.1, -0.05) is 54.6 Å². The van der Waals surface area contributed by atoms with Crippen molar-refractivity contribution in [2.75, 3.05) is 10.6 Å². The molecule has 2 N–H and O–H groups in total. The van der Waals surface area contributed by atoms with Crippen molar-refractivity contribution in [2.24, 2.45) is 5.10 Å². The number of hydrogen-bond acceptors (Lipinski definition) is 3. The lowest BCUT2D eigenvalue weighted by Crippen LogP contribution is -1.99. The first-order valence-electron chi connectivity index (χ1n) is 10.7. The molecule has 0 saturated heterocycles. The van der Waals surface area contributed by atoms with Gasteiger partial charge in [0, 0.05) is 39.4 Å². The average molecular weight is 417 g/mol. The van der Waals surface area contributed by atoms with Gasteiger partial charge in [-0.15, -0.1) is 0 Å². The van der Waals surface area contributed by atoms with Gasteiger partial charge >= 0.3 is 0 Å². The van der Waals surface area contributed by atoms with Crippen LogP contribution in [0.25, 0.3) is 10.9 Å². The molecule has 156 valence electrons. The fourth-order valence-electron chi connectivity index (χ4n) is 3.77. The van der Waals surface area contributed by atoms with Gasteiger partial charge in [-0.3, -0.25) is 0 Å². The van der Waals surface area contributed by atoms with E-state index in [-0.39, 0.29) is 0 Å². The zero-order valence-electron chi connectivity index (χ0n) is 17.9. The second kappa shape index (κ2) is 8.82. The van der Waals surface area contributed by atoms with Crippen LogP contribution < -0.4 is 10.6 Å². The Bertz CT molecular complexity index is 1370. The summed E-state index contributed by atoms with van der Waals surface area (Å²) < 4.78 is 1.98. The highest BCUT2D eigenvalue weighted by Crippen LogP contribution is 2.26. The predicted molar refractivity (Wildman–Crippen MR) is 136 cm³/mol. The molecule has 5 aromatic rings. The van der Waals surface area contributed by atoms with E-state index in [9.17, 15) is 0 Å². The maximum atomic E-state index is 4.81. The minimum Gasteiger partial charge on any atom is -0.355 e. The zero-order chi connectivity index (χ0) is 21.8. The molecule has 0 radical (unpaired) electrons. The van der Waals surface area contributed by atoms with Crippen LogP contribution >= 0.6 is 0 Å². The normalized spacial score (nSPS) is 11.2. The molecule has 0 unspecified atom stereocenters. The molecule has 4 aromatic carbocycles. The van der Waals surface area contributed by atoms with Crippen LogP contribution in [0.3, 0.4) is 0 Å². The van der Waals surface area contributed by atoms with Gasteiger partial charge in [0.15, 0.2) is 0 Å². The van der Waals surface area contributed by atoms with Crippen molar-refractivity contribution >= 4 is 39.9 Å². The molecule has 5 rings (SSSR count). The van der Waals surface area contributed by atoms with Crippen molar-refractivity contribution in [2.45, 2.75) is 6.92 Å². The second-order valence-electron chi connectivity index (χ2n) is 7.68. The Kier molecular flexibility index (Phi) is 5.41. The Balaban J connectivity index is 1.51. The van der Waals surface area contributed by atoms with E-state index in [4.69, 9.17) is 5.10 Å². The van der Waals surface area contributed by atoms with Crippen LogP contribution in [0.15, 0.2) is 114 Å². The number of aryl methyl sites for hydroxylation is 1. The highest BCUT2D eigenvalue weighted by atomic mass is 15.3. The van der Waals surface area contributed by atoms with Gasteiger partial charge in [-0.25, -0.2) is 4.68 Å². The maximum absolute atomic E-state index is 4.81. The Hall–Kier alpha value is -4.31. The van der Waals surface area contributed by atoms with E-state index in [1.54, 1.807) is 0 Å². The van der Waals surface area contributed by atoms with Gasteiger partial charge in [-0.05, 0) is 61.5 Å². The molecule has 0 bridgehead atoms. The molecule has 0 saturated carbocycles. The van der Waals surface area contributed by atoms with Crippen molar-refractivity contribution < 1.29 is 0 Å². The van der Waals surface area contributed by atoms with Gasteiger partial charge in [0.1, 0.15) is 0 Å². The standard InChI is InChI=1S/C28H24N4/c1-21-18-22-10-8-9-15-28(22)32(21)29-20-23-16-17-26(30-24-11-4-2-5-12-24)19-27(23)31-25-13-6-3-7-14-25/h2-20,30-31H,1H3/b29-20+. The summed E-state index contributed by atoms with van der Waals surface area (Å²) in [6.45, 7) is 2.08.